The van der Waals surface area contributed by atoms with E-state index < -0.39 is 0 Å². The smallest absolute Gasteiger partial charge is 0.253 e. The van der Waals surface area contributed by atoms with E-state index in [2.05, 4.69) is 5.32 Å². The number of carbonyl (C=O) groups excluding carboxylic acids is 1. The van der Waals surface area contributed by atoms with Crippen LogP contribution in [0, 0.1) is 0 Å². The van der Waals surface area contributed by atoms with E-state index in [1.54, 1.807) is 12.1 Å². The third-order valence-corrected chi connectivity index (χ3v) is 2.07. The lowest BCUT2D eigenvalue weighted by atomic mass is 10.2. The van der Waals surface area contributed by atoms with Crippen LogP contribution in [0.3, 0.4) is 0 Å². The van der Waals surface area contributed by atoms with Gasteiger partial charge in [-0.3, -0.25) is 4.79 Å². The summed E-state index contributed by atoms with van der Waals surface area (Å²) in [5.74, 6) is -0.0871. The third kappa shape index (κ3) is 3.72. The number of carbonyl (C=O) groups is 1. The summed E-state index contributed by atoms with van der Waals surface area (Å²) < 4.78 is 5.35. The molecule has 0 spiro atoms. The van der Waals surface area contributed by atoms with Crippen molar-refractivity contribution in [3.63, 3.8) is 0 Å². The largest absolute Gasteiger partial charge is 0.359 e. The van der Waals surface area contributed by atoms with E-state index in [0.29, 0.717) is 12.2 Å². The highest BCUT2D eigenvalue weighted by atomic mass is 16.5. The van der Waals surface area contributed by atoms with Crippen LogP contribution in [0.5, 0.6) is 0 Å². The summed E-state index contributed by atoms with van der Waals surface area (Å²) in [7, 11) is 0. The van der Waals surface area contributed by atoms with Gasteiger partial charge in [0.25, 0.3) is 5.91 Å². The van der Waals surface area contributed by atoms with E-state index in [1.807, 2.05) is 32.0 Å². The molecule has 3 heteroatoms. The molecule has 82 valence electrons. The van der Waals surface area contributed by atoms with Crippen molar-refractivity contribution in [3.8, 4) is 0 Å². The molecule has 1 N–H and O–H groups in total. The van der Waals surface area contributed by atoms with Crippen molar-refractivity contribution in [1.82, 2.24) is 5.32 Å². The van der Waals surface area contributed by atoms with Gasteiger partial charge in [-0.05, 0) is 25.5 Å². The lowest BCUT2D eigenvalue weighted by Gasteiger charge is -2.16. The van der Waals surface area contributed by atoms with Gasteiger partial charge in [0.15, 0.2) is 0 Å². The second kappa shape index (κ2) is 6.19. The fourth-order valence-electron chi connectivity index (χ4n) is 1.28. The van der Waals surface area contributed by atoms with Crippen molar-refractivity contribution in [2.75, 3.05) is 6.61 Å². The van der Waals surface area contributed by atoms with Gasteiger partial charge in [-0.15, -0.1) is 0 Å². The molecule has 0 saturated carbocycles. The second-order valence-electron chi connectivity index (χ2n) is 3.19. The van der Waals surface area contributed by atoms with Crippen molar-refractivity contribution < 1.29 is 9.53 Å². The normalized spacial score (nSPS) is 12.1. The molecule has 0 heterocycles. The topological polar surface area (TPSA) is 38.3 Å². The summed E-state index contributed by atoms with van der Waals surface area (Å²) in [4.78, 5) is 11.7. The second-order valence-corrected chi connectivity index (χ2v) is 3.19. The van der Waals surface area contributed by atoms with E-state index >= 15 is 0 Å². The fourth-order valence-corrected chi connectivity index (χ4v) is 1.28. The first kappa shape index (κ1) is 11.7. The van der Waals surface area contributed by atoms with Crippen LogP contribution in [0.25, 0.3) is 0 Å². The Balaban J connectivity index is 2.55. The van der Waals surface area contributed by atoms with Crippen LogP contribution in [-0.4, -0.2) is 18.7 Å². The van der Waals surface area contributed by atoms with Gasteiger partial charge in [-0.25, -0.2) is 0 Å². The van der Waals surface area contributed by atoms with Gasteiger partial charge >= 0.3 is 0 Å². The third-order valence-electron chi connectivity index (χ3n) is 2.07. The minimum Gasteiger partial charge on any atom is -0.359 e. The van der Waals surface area contributed by atoms with Crippen molar-refractivity contribution in [2.24, 2.45) is 0 Å². The molecule has 0 aliphatic carbocycles. The average Bonchev–Trinajstić information content (AvgIpc) is 2.29. The van der Waals surface area contributed by atoms with Crippen LogP contribution < -0.4 is 5.32 Å². The van der Waals surface area contributed by atoms with E-state index in [4.69, 9.17) is 4.74 Å². The van der Waals surface area contributed by atoms with Crippen LogP contribution in [0.15, 0.2) is 30.3 Å². The molecule has 0 saturated heterocycles. The van der Waals surface area contributed by atoms with E-state index in [0.717, 1.165) is 6.42 Å². The van der Waals surface area contributed by atoms with Crippen LogP contribution in [0.2, 0.25) is 0 Å². The molecule has 0 fully saturated rings. The monoisotopic (exact) mass is 207 g/mol. The molecule has 1 aromatic rings. The van der Waals surface area contributed by atoms with Gasteiger partial charge in [0.05, 0.1) is 0 Å². The summed E-state index contributed by atoms with van der Waals surface area (Å²) in [6.45, 7) is 4.50. The first-order valence-corrected chi connectivity index (χ1v) is 5.25. The number of nitrogens with one attached hydrogen (secondary N) is 1. The molecule has 1 aromatic carbocycles. The maximum Gasteiger partial charge on any atom is 0.253 e. The highest BCUT2D eigenvalue weighted by Gasteiger charge is 2.10. The maximum absolute atomic E-state index is 11.7. The number of benzene rings is 1. The van der Waals surface area contributed by atoms with E-state index in [9.17, 15) is 4.79 Å². The standard InChI is InChI=1S/C12H17NO2/c1-3-11(15-4-2)13-12(14)10-8-6-5-7-9-10/h5-9,11H,3-4H2,1-2H3,(H,13,14). The maximum atomic E-state index is 11.7. The minimum absolute atomic E-state index is 0.0871. The average molecular weight is 207 g/mol. The molecule has 3 nitrogen and oxygen atoms in total. The molecular formula is C12H17NO2. The Kier molecular flexibility index (Phi) is 4.84. The van der Waals surface area contributed by atoms with Crippen molar-refractivity contribution in [2.45, 2.75) is 26.5 Å². The Labute approximate surface area is 90.4 Å². The Morgan fingerprint density at radius 3 is 2.53 bits per heavy atom. The number of ether oxygens (including phenoxy) is 1. The van der Waals surface area contributed by atoms with Crippen molar-refractivity contribution >= 4 is 5.91 Å². The van der Waals surface area contributed by atoms with Crippen molar-refractivity contribution in [1.29, 1.82) is 0 Å². The highest BCUT2D eigenvalue weighted by Crippen LogP contribution is 2.00. The van der Waals surface area contributed by atoms with Crippen molar-refractivity contribution in [3.05, 3.63) is 35.9 Å². The lowest BCUT2D eigenvalue weighted by Crippen LogP contribution is -2.36. The molecule has 15 heavy (non-hydrogen) atoms. The molecule has 1 unspecified atom stereocenters. The molecule has 1 rings (SSSR count). The summed E-state index contributed by atoms with van der Waals surface area (Å²) >= 11 is 0. The molecule has 0 bridgehead atoms. The predicted octanol–water partition coefficient (Wildman–Crippen LogP) is 2.19. The van der Waals surface area contributed by atoms with E-state index in [-0.39, 0.29) is 12.1 Å². The molecule has 0 aliphatic heterocycles. The molecule has 1 atom stereocenters. The molecular weight excluding hydrogens is 190 g/mol. The van der Waals surface area contributed by atoms with Gasteiger partial charge in [0, 0.05) is 12.2 Å². The summed E-state index contributed by atoms with van der Waals surface area (Å²) in [6.07, 6.45) is 0.578. The molecule has 1 amide bonds. The number of amides is 1. The van der Waals surface area contributed by atoms with Crippen LogP contribution in [0.1, 0.15) is 30.6 Å². The van der Waals surface area contributed by atoms with Gasteiger partial charge < -0.3 is 10.1 Å². The first-order chi connectivity index (χ1) is 7.27. The van der Waals surface area contributed by atoms with Gasteiger partial charge in [-0.1, -0.05) is 25.1 Å². The fraction of sp³-hybridized carbons (Fsp3) is 0.417. The summed E-state index contributed by atoms with van der Waals surface area (Å²) in [6, 6.07) is 9.14. The van der Waals surface area contributed by atoms with Crippen LogP contribution in [0.4, 0.5) is 0 Å². The number of rotatable bonds is 5. The predicted molar refractivity (Wildman–Crippen MR) is 59.6 cm³/mol. The zero-order chi connectivity index (χ0) is 11.1. The number of hydrogen-bond acceptors (Lipinski definition) is 2. The molecule has 0 aliphatic rings. The number of hydrogen-bond donors (Lipinski definition) is 1. The van der Waals surface area contributed by atoms with E-state index in [1.165, 1.54) is 0 Å². The quantitative estimate of drug-likeness (QED) is 0.752. The van der Waals surface area contributed by atoms with Gasteiger partial charge in [0.1, 0.15) is 6.23 Å². The lowest BCUT2D eigenvalue weighted by molar-refractivity contribution is 0.0326. The van der Waals surface area contributed by atoms with Gasteiger partial charge in [-0.2, -0.15) is 0 Å². The minimum atomic E-state index is -0.192. The Hall–Kier alpha value is -1.35. The summed E-state index contributed by atoms with van der Waals surface area (Å²) in [5.41, 5.74) is 0.663. The molecule has 0 radical (unpaired) electrons. The van der Waals surface area contributed by atoms with Gasteiger partial charge in [0.2, 0.25) is 0 Å². The Morgan fingerprint density at radius 1 is 1.33 bits per heavy atom. The zero-order valence-corrected chi connectivity index (χ0v) is 9.19. The van der Waals surface area contributed by atoms with Crippen LogP contribution in [-0.2, 0) is 4.74 Å². The first-order valence-electron chi connectivity index (χ1n) is 5.25. The van der Waals surface area contributed by atoms with Crippen LogP contribution >= 0.6 is 0 Å². The highest BCUT2D eigenvalue weighted by molar-refractivity contribution is 5.94. The Bertz CT molecular complexity index is 298. The SMILES string of the molecule is CCOC(CC)NC(=O)c1ccccc1. The summed E-state index contributed by atoms with van der Waals surface area (Å²) in [5, 5.41) is 2.82. The zero-order valence-electron chi connectivity index (χ0n) is 9.19. The molecule has 0 aromatic heterocycles. The Morgan fingerprint density at radius 2 is 2.00 bits per heavy atom.